The number of rotatable bonds is 44. The molecule has 57 heavy (non-hydrogen) atoms. The Morgan fingerprint density at radius 1 is 0.351 bits per heavy atom. The van der Waals surface area contributed by atoms with Crippen LogP contribution in [-0.4, -0.2) is 37.2 Å². The van der Waals surface area contributed by atoms with E-state index in [1.807, 2.05) is 0 Å². The van der Waals surface area contributed by atoms with Crippen LogP contribution in [0.5, 0.6) is 0 Å². The van der Waals surface area contributed by atoms with Crippen molar-refractivity contribution in [1.29, 1.82) is 0 Å². The summed E-state index contributed by atoms with van der Waals surface area (Å²) < 4.78 is 16.8. The summed E-state index contributed by atoms with van der Waals surface area (Å²) in [6.45, 7) is 13.7. The summed E-state index contributed by atoms with van der Waals surface area (Å²) in [5.41, 5.74) is 0. The van der Waals surface area contributed by atoms with Crippen molar-refractivity contribution in [1.82, 2.24) is 0 Å². The quantitative estimate of drug-likeness (QED) is 0.0347. The van der Waals surface area contributed by atoms with Crippen molar-refractivity contribution < 1.29 is 28.6 Å². The zero-order valence-electron chi connectivity index (χ0n) is 39.1. The average Bonchev–Trinajstić information content (AvgIpc) is 3.19. The highest BCUT2D eigenvalue weighted by molar-refractivity contribution is 5.71. The van der Waals surface area contributed by atoms with Crippen LogP contribution in [-0.2, 0) is 28.6 Å². The van der Waals surface area contributed by atoms with Gasteiger partial charge in [-0.1, -0.05) is 234 Å². The first-order chi connectivity index (χ1) is 27.7. The molecule has 3 atom stereocenters. The number of esters is 3. The van der Waals surface area contributed by atoms with Gasteiger partial charge in [0, 0.05) is 19.3 Å². The second-order valence-electron chi connectivity index (χ2n) is 18.4. The van der Waals surface area contributed by atoms with Crippen LogP contribution in [0, 0.1) is 17.8 Å². The monoisotopic (exact) mass is 807 g/mol. The highest BCUT2D eigenvalue weighted by Gasteiger charge is 2.19. The Morgan fingerprint density at radius 2 is 0.614 bits per heavy atom. The summed E-state index contributed by atoms with van der Waals surface area (Å²) in [6.07, 6.45) is 40.9. The van der Waals surface area contributed by atoms with Crippen LogP contribution in [0.15, 0.2) is 0 Å². The molecule has 0 saturated heterocycles. The van der Waals surface area contributed by atoms with Gasteiger partial charge in [-0.3, -0.25) is 14.4 Å². The van der Waals surface area contributed by atoms with Crippen molar-refractivity contribution >= 4 is 17.9 Å². The van der Waals surface area contributed by atoms with Crippen LogP contribution < -0.4 is 0 Å². The molecule has 0 heterocycles. The fourth-order valence-electron chi connectivity index (χ4n) is 7.52. The van der Waals surface area contributed by atoms with Crippen molar-refractivity contribution in [3.63, 3.8) is 0 Å². The summed E-state index contributed by atoms with van der Waals surface area (Å²) >= 11 is 0. The highest BCUT2D eigenvalue weighted by atomic mass is 16.6. The van der Waals surface area contributed by atoms with Crippen LogP contribution in [0.25, 0.3) is 0 Å². The molecular formula is C51H98O6. The largest absolute Gasteiger partial charge is 0.462 e. The maximum atomic E-state index is 12.7. The Kier molecular flexibility index (Phi) is 41.3. The summed E-state index contributed by atoms with van der Waals surface area (Å²) in [6, 6.07) is 0. The van der Waals surface area contributed by atoms with Crippen LogP contribution in [0.1, 0.15) is 273 Å². The molecule has 0 aromatic carbocycles. The molecule has 6 nitrogen and oxygen atoms in total. The SMILES string of the molecule is CCC(C)CCCCCCCCCCCCCCCCC(=O)OC[C@H](COC(=O)CCCCCCCCC(C)CC)OC(=O)CCCCCCCCCCC(C)C. The third-order valence-electron chi connectivity index (χ3n) is 12.1. The van der Waals surface area contributed by atoms with Crippen molar-refractivity contribution in [3.8, 4) is 0 Å². The molecule has 0 radical (unpaired) electrons. The Morgan fingerprint density at radius 3 is 0.912 bits per heavy atom. The van der Waals surface area contributed by atoms with Gasteiger partial charge in [0.15, 0.2) is 6.10 Å². The predicted octanol–water partition coefficient (Wildman–Crippen LogP) is 16.0. The molecule has 0 aliphatic rings. The number of hydrogen-bond acceptors (Lipinski definition) is 6. The Balaban J connectivity index is 4.27. The molecule has 0 spiro atoms. The lowest BCUT2D eigenvalue weighted by Crippen LogP contribution is -2.30. The second-order valence-corrected chi connectivity index (χ2v) is 18.4. The Hall–Kier alpha value is -1.59. The third kappa shape index (κ3) is 42.3. The highest BCUT2D eigenvalue weighted by Crippen LogP contribution is 2.18. The first kappa shape index (κ1) is 55.4. The molecule has 6 heteroatoms. The summed E-state index contributed by atoms with van der Waals surface area (Å²) in [4.78, 5) is 37.8. The molecule has 0 aromatic rings. The molecule has 0 aromatic heterocycles. The van der Waals surface area contributed by atoms with E-state index in [2.05, 4.69) is 41.5 Å². The summed E-state index contributed by atoms with van der Waals surface area (Å²) in [5.74, 6) is 1.64. The van der Waals surface area contributed by atoms with Gasteiger partial charge in [-0.25, -0.2) is 0 Å². The van der Waals surface area contributed by atoms with Gasteiger partial charge in [0.25, 0.3) is 0 Å². The maximum Gasteiger partial charge on any atom is 0.306 e. The standard InChI is InChI=1S/C51H98O6/c1-7-46(5)38-32-26-20-15-13-11-9-10-12-14-16-21-28-34-40-49(52)55-43-48(44-56-50(53)41-35-29-24-23-27-33-39-47(6)8-2)57-51(54)42-36-30-22-18-17-19-25-31-37-45(3)4/h45-48H,7-44H2,1-6H3/t46?,47?,48-/m1/s1. The topological polar surface area (TPSA) is 78.9 Å². The van der Waals surface area contributed by atoms with E-state index >= 15 is 0 Å². The number of carbonyl (C=O) groups is 3. The maximum absolute atomic E-state index is 12.7. The predicted molar refractivity (Wildman–Crippen MR) is 243 cm³/mol. The van der Waals surface area contributed by atoms with Gasteiger partial charge in [0.2, 0.25) is 0 Å². The summed E-state index contributed by atoms with van der Waals surface area (Å²) in [5, 5.41) is 0. The van der Waals surface area contributed by atoms with Gasteiger partial charge in [-0.15, -0.1) is 0 Å². The molecule has 0 rings (SSSR count). The normalized spacial score (nSPS) is 13.1. The van der Waals surface area contributed by atoms with Gasteiger partial charge < -0.3 is 14.2 Å². The summed E-state index contributed by atoms with van der Waals surface area (Å²) in [7, 11) is 0. The molecular weight excluding hydrogens is 709 g/mol. The van der Waals surface area contributed by atoms with Crippen LogP contribution >= 0.6 is 0 Å². The molecule has 0 saturated carbocycles. The number of unbranched alkanes of at least 4 members (excludes halogenated alkanes) is 25. The van der Waals surface area contributed by atoms with E-state index in [0.717, 1.165) is 75.5 Å². The third-order valence-corrected chi connectivity index (χ3v) is 12.1. The Labute approximate surface area is 355 Å². The molecule has 0 aliphatic heterocycles. The lowest BCUT2D eigenvalue weighted by molar-refractivity contribution is -0.167. The fraction of sp³-hybridized carbons (Fsp3) is 0.941. The van der Waals surface area contributed by atoms with Gasteiger partial charge in [-0.05, 0) is 37.0 Å². The van der Waals surface area contributed by atoms with Gasteiger partial charge >= 0.3 is 17.9 Å². The van der Waals surface area contributed by atoms with Crippen molar-refractivity contribution in [3.05, 3.63) is 0 Å². The Bertz CT molecular complexity index is 887. The second kappa shape index (κ2) is 42.5. The smallest absolute Gasteiger partial charge is 0.306 e. The van der Waals surface area contributed by atoms with Crippen molar-refractivity contribution in [2.75, 3.05) is 13.2 Å². The minimum absolute atomic E-state index is 0.0659. The van der Waals surface area contributed by atoms with E-state index in [1.54, 1.807) is 0 Å². The first-order valence-corrected chi connectivity index (χ1v) is 25.2. The average molecular weight is 807 g/mol. The van der Waals surface area contributed by atoms with E-state index < -0.39 is 6.10 Å². The van der Waals surface area contributed by atoms with Crippen molar-refractivity contribution in [2.24, 2.45) is 17.8 Å². The van der Waals surface area contributed by atoms with Gasteiger partial charge in [0.1, 0.15) is 13.2 Å². The number of ether oxygens (including phenoxy) is 3. The van der Waals surface area contributed by atoms with Crippen molar-refractivity contribution in [2.45, 2.75) is 279 Å². The van der Waals surface area contributed by atoms with E-state index in [4.69, 9.17) is 14.2 Å². The van der Waals surface area contributed by atoms with Crippen LogP contribution in [0.4, 0.5) is 0 Å². The minimum atomic E-state index is -0.763. The lowest BCUT2D eigenvalue weighted by Gasteiger charge is -2.18. The van der Waals surface area contributed by atoms with E-state index in [0.29, 0.717) is 19.3 Å². The molecule has 0 bridgehead atoms. The number of carbonyl (C=O) groups excluding carboxylic acids is 3. The van der Waals surface area contributed by atoms with E-state index in [-0.39, 0.29) is 31.1 Å². The minimum Gasteiger partial charge on any atom is -0.462 e. The van der Waals surface area contributed by atoms with Crippen LogP contribution in [0.3, 0.4) is 0 Å². The molecule has 0 N–H and O–H groups in total. The molecule has 0 aliphatic carbocycles. The van der Waals surface area contributed by atoms with E-state index in [9.17, 15) is 14.4 Å². The number of hydrogen-bond donors (Lipinski definition) is 0. The van der Waals surface area contributed by atoms with Gasteiger partial charge in [-0.2, -0.15) is 0 Å². The zero-order valence-corrected chi connectivity index (χ0v) is 39.1. The first-order valence-electron chi connectivity index (χ1n) is 25.2. The van der Waals surface area contributed by atoms with Gasteiger partial charge in [0.05, 0.1) is 0 Å². The van der Waals surface area contributed by atoms with E-state index in [1.165, 1.54) is 154 Å². The fourth-order valence-corrected chi connectivity index (χ4v) is 7.52. The lowest BCUT2D eigenvalue weighted by atomic mass is 9.99. The molecule has 338 valence electrons. The molecule has 2 unspecified atom stereocenters. The van der Waals surface area contributed by atoms with Crippen LogP contribution in [0.2, 0.25) is 0 Å². The molecule has 0 amide bonds. The zero-order chi connectivity index (χ0) is 42.0. The molecule has 0 fully saturated rings.